The molecule has 98 valence electrons. The van der Waals surface area contributed by atoms with Gasteiger partial charge in [0.15, 0.2) is 0 Å². The minimum Gasteiger partial charge on any atom is -0.460 e. The van der Waals surface area contributed by atoms with Crippen LogP contribution < -0.4 is 0 Å². The van der Waals surface area contributed by atoms with E-state index in [0.717, 1.165) is 13.8 Å². The molecule has 0 amide bonds. The van der Waals surface area contributed by atoms with E-state index < -0.39 is 42.8 Å². The first kappa shape index (κ1) is 13.8. The van der Waals surface area contributed by atoms with E-state index in [2.05, 4.69) is 4.74 Å². The summed E-state index contributed by atoms with van der Waals surface area (Å²) in [6.45, 7) is 3.62. The molecule has 0 spiro atoms. The molecule has 5 nitrogen and oxygen atoms in total. The van der Waals surface area contributed by atoms with Gasteiger partial charge in [-0.1, -0.05) is 0 Å². The summed E-state index contributed by atoms with van der Waals surface area (Å²) in [5, 5.41) is 0. The summed E-state index contributed by atoms with van der Waals surface area (Å²) in [6, 6.07) is 0. The fraction of sp³-hybridized carbons (Fsp3) is 0.800. The van der Waals surface area contributed by atoms with Crippen LogP contribution in [0.3, 0.4) is 0 Å². The molecule has 0 aromatic rings. The van der Waals surface area contributed by atoms with E-state index >= 15 is 0 Å². The molecular weight excluding hydrogens is 238 g/mol. The van der Waals surface area contributed by atoms with Crippen LogP contribution in [-0.4, -0.2) is 36.4 Å². The molecule has 17 heavy (non-hydrogen) atoms. The van der Waals surface area contributed by atoms with Crippen molar-refractivity contribution >= 4 is 11.9 Å². The van der Waals surface area contributed by atoms with Crippen LogP contribution in [0.25, 0.3) is 0 Å². The molecule has 0 aromatic carbocycles. The molecular formula is C10H14F2O5. The predicted molar refractivity (Wildman–Crippen MR) is 51.2 cm³/mol. The Morgan fingerprint density at radius 1 is 1.24 bits per heavy atom. The number of rotatable bonds is 2. The van der Waals surface area contributed by atoms with Crippen molar-refractivity contribution in [2.24, 2.45) is 0 Å². The average Bonchev–Trinajstić information content (AvgIpc) is 2.11. The molecule has 1 rings (SSSR count). The highest BCUT2D eigenvalue weighted by atomic mass is 19.3. The third-order valence-corrected chi connectivity index (χ3v) is 2.27. The smallest absolute Gasteiger partial charge is 0.312 e. The van der Waals surface area contributed by atoms with Crippen molar-refractivity contribution in [3.8, 4) is 0 Å². The summed E-state index contributed by atoms with van der Waals surface area (Å²) in [7, 11) is 0. The maximum atomic E-state index is 13.5. The van der Waals surface area contributed by atoms with Gasteiger partial charge in [0.25, 0.3) is 6.29 Å². The Morgan fingerprint density at radius 2 is 1.76 bits per heavy atom. The van der Waals surface area contributed by atoms with Crippen molar-refractivity contribution in [1.29, 1.82) is 0 Å². The first-order valence-corrected chi connectivity index (χ1v) is 5.10. The van der Waals surface area contributed by atoms with Gasteiger partial charge in [0.1, 0.15) is 6.10 Å². The van der Waals surface area contributed by atoms with Gasteiger partial charge < -0.3 is 14.2 Å². The fourth-order valence-electron chi connectivity index (χ4n) is 1.53. The van der Waals surface area contributed by atoms with Gasteiger partial charge >= 0.3 is 17.9 Å². The van der Waals surface area contributed by atoms with E-state index in [-0.39, 0.29) is 0 Å². The van der Waals surface area contributed by atoms with Gasteiger partial charge in [0.05, 0.1) is 12.5 Å². The Hall–Kier alpha value is -1.24. The van der Waals surface area contributed by atoms with Crippen LogP contribution >= 0.6 is 0 Å². The van der Waals surface area contributed by atoms with Crippen molar-refractivity contribution in [2.45, 2.75) is 51.6 Å². The minimum absolute atomic E-state index is 0.660. The molecule has 1 saturated heterocycles. The van der Waals surface area contributed by atoms with Crippen LogP contribution in [0.1, 0.15) is 27.2 Å². The fourth-order valence-corrected chi connectivity index (χ4v) is 1.53. The summed E-state index contributed by atoms with van der Waals surface area (Å²) in [5.74, 6) is -4.89. The molecule has 0 aromatic heterocycles. The lowest BCUT2D eigenvalue weighted by Gasteiger charge is -2.38. The Balaban J connectivity index is 2.72. The largest absolute Gasteiger partial charge is 0.460 e. The van der Waals surface area contributed by atoms with Crippen molar-refractivity contribution in [2.75, 3.05) is 0 Å². The van der Waals surface area contributed by atoms with Crippen LogP contribution in [-0.2, 0) is 23.8 Å². The monoisotopic (exact) mass is 252 g/mol. The highest BCUT2D eigenvalue weighted by molar-refractivity contribution is 5.66. The second-order valence-corrected chi connectivity index (χ2v) is 3.90. The van der Waals surface area contributed by atoms with Gasteiger partial charge in [-0.05, 0) is 6.92 Å². The van der Waals surface area contributed by atoms with Crippen LogP contribution in [0.15, 0.2) is 0 Å². The van der Waals surface area contributed by atoms with E-state index in [4.69, 9.17) is 9.47 Å². The number of halogens is 2. The van der Waals surface area contributed by atoms with Crippen LogP contribution in [0.5, 0.6) is 0 Å². The molecule has 0 unspecified atom stereocenters. The number of esters is 2. The Morgan fingerprint density at radius 3 is 2.24 bits per heavy atom. The number of hydrogen-bond donors (Lipinski definition) is 0. The summed E-state index contributed by atoms with van der Waals surface area (Å²) in [5.41, 5.74) is 0. The standard InChI is InChI=1S/C10H14F2O5/c1-5-8(16-6(2)13)4-10(11,12)9(15-5)17-7(3)14/h5,8-9H,4H2,1-3H3/t5-,8-,9+/m0/s1. The molecule has 1 heterocycles. The van der Waals surface area contributed by atoms with Gasteiger partial charge in [-0.2, -0.15) is 8.78 Å². The summed E-state index contributed by atoms with van der Waals surface area (Å²) < 4.78 is 41.0. The van der Waals surface area contributed by atoms with Crippen molar-refractivity contribution in [1.82, 2.24) is 0 Å². The van der Waals surface area contributed by atoms with Crippen LogP contribution in [0, 0.1) is 0 Å². The lowest BCUT2D eigenvalue weighted by molar-refractivity contribution is -0.307. The van der Waals surface area contributed by atoms with E-state index in [1.807, 2.05) is 0 Å². The van der Waals surface area contributed by atoms with E-state index in [0.29, 0.717) is 0 Å². The van der Waals surface area contributed by atoms with Gasteiger partial charge in [-0.3, -0.25) is 9.59 Å². The van der Waals surface area contributed by atoms with Crippen LogP contribution in [0.4, 0.5) is 8.78 Å². The molecule has 1 aliphatic heterocycles. The lowest BCUT2D eigenvalue weighted by atomic mass is 10.0. The minimum atomic E-state index is -3.38. The number of carbonyl (C=O) groups is 2. The Bertz CT molecular complexity index is 318. The van der Waals surface area contributed by atoms with E-state index in [1.165, 1.54) is 6.92 Å². The summed E-state index contributed by atoms with van der Waals surface area (Å²) >= 11 is 0. The summed E-state index contributed by atoms with van der Waals surface area (Å²) in [4.78, 5) is 21.4. The second-order valence-electron chi connectivity index (χ2n) is 3.90. The molecule has 3 atom stereocenters. The van der Waals surface area contributed by atoms with Crippen LogP contribution in [0.2, 0.25) is 0 Å². The molecule has 0 radical (unpaired) electrons. The topological polar surface area (TPSA) is 61.8 Å². The number of alkyl halides is 2. The molecule has 0 aliphatic carbocycles. The number of hydrogen-bond acceptors (Lipinski definition) is 5. The van der Waals surface area contributed by atoms with Gasteiger partial charge in [-0.15, -0.1) is 0 Å². The third kappa shape index (κ3) is 3.62. The van der Waals surface area contributed by atoms with Gasteiger partial charge in [-0.25, -0.2) is 0 Å². The average molecular weight is 252 g/mol. The van der Waals surface area contributed by atoms with Gasteiger partial charge in [0.2, 0.25) is 0 Å². The van der Waals surface area contributed by atoms with Crippen molar-refractivity contribution in [3.63, 3.8) is 0 Å². The lowest BCUT2D eigenvalue weighted by Crippen LogP contribution is -2.53. The van der Waals surface area contributed by atoms with E-state index in [1.54, 1.807) is 0 Å². The third-order valence-electron chi connectivity index (χ3n) is 2.27. The molecule has 0 saturated carbocycles. The maximum Gasteiger partial charge on any atom is 0.312 e. The highest BCUT2D eigenvalue weighted by Crippen LogP contribution is 2.36. The van der Waals surface area contributed by atoms with Crippen molar-refractivity contribution in [3.05, 3.63) is 0 Å². The van der Waals surface area contributed by atoms with Crippen molar-refractivity contribution < 1.29 is 32.6 Å². The maximum absolute atomic E-state index is 13.5. The number of carbonyl (C=O) groups excluding carboxylic acids is 2. The normalized spacial score (nSPS) is 31.7. The Labute approximate surface area is 97.0 Å². The zero-order valence-corrected chi connectivity index (χ0v) is 9.74. The first-order valence-electron chi connectivity index (χ1n) is 5.10. The number of ether oxygens (including phenoxy) is 3. The quantitative estimate of drug-likeness (QED) is 0.692. The predicted octanol–water partition coefficient (Wildman–Crippen LogP) is 1.25. The zero-order valence-electron chi connectivity index (χ0n) is 9.74. The molecule has 0 bridgehead atoms. The van der Waals surface area contributed by atoms with Gasteiger partial charge in [0, 0.05) is 13.8 Å². The Kier molecular flexibility index (Phi) is 4.03. The SMILES string of the molecule is CC(=O)O[C@H]1O[C@@H](C)[C@@H](OC(C)=O)CC1(F)F. The molecule has 1 aliphatic rings. The summed E-state index contributed by atoms with van der Waals surface area (Å²) in [6.07, 6.45) is -4.47. The zero-order chi connectivity index (χ0) is 13.2. The van der Waals surface area contributed by atoms with E-state index in [9.17, 15) is 18.4 Å². The highest BCUT2D eigenvalue weighted by Gasteiger charge is 2.52. The first-order chi connectivity index (χ1) is 7.72. The molecule has 7 heteroatoms. The second kappa shape index (κ2) is 4.95. The molecule has 1 fully saturated rings. The molecule has 0 N–H and O–H groups in total.